The lowest BCUT2D eigenvalue weighted by Gasteiger charge is -2.21. The zero-order valence-corrected chi connectivity index (χ0v) is 27.2. The van der Waals surface area contributed by atoms with Crippen LogP contribution in [0.2, 0.25) is 10.0 Å². The van der Waals surface area contributed by atoms with E-state index in [-0.39, 0.29) is 30.0 Å². The number of aryl methyl sites for hydroxylation is 3. The van der Waals surface area contributed by atoms with E-state index in [1.807, 2.05) is 60.1 Å². The van der Waals surface area contributed by atoms with Gasteiger partial charge in [-0.15, -0.1) is 0 Å². The molecule has 2 amide bonds. The molecule has 0 spiro atoms. The number of nitrogens with one attached hydrogen (secondary N) is 1. The zero-order chi connectivity index (χ0) is 32.6. The van der Waals surface area contributed by atoms with Gasteiger partial charge in [-0.05, 0) is 72.0 Å². The number of anilines is 1. The molecule has 5 aromatic rings. The number of amides is 2. The zero-order valence-electron chi connectivity index (χ0n) is 25.7. The van der Waals surface area contributed by atoms with Crippen molar-refractivity contribution in [2.24, 2.45) is 7.05 Å². The van der Waals surface area contributed by atoms with Crippen molar-refractivity contribution < 1.29 is 19.1 Å². The number of rotatable bonds is 12. The molecule has 5 rings (SSSR count). The molecule has 0 saturated heterocycles. The Kier molecular flexibility index (Phi) is 10.6. The Balaban J connectivity index is 1.16. The van der Waals surface area contributed by atoms with Gasteiger partial charge in [0.05, 0.1) is 29.9 Å². The number of aromatic nitrogens is 3. The fraction of sp³-hybridized carbons (Fsp3) is 0.200. The Hall–Kier alpha value is -4.86. The van der Waals surface area contributed by atoms with Gasteiger partial charge in [-0.3, -0.25) is 19.1 Å². The van der Waals surface area contributed by atoms with Gasteiger partial charge in [0.2, 0.25) is 11.8 Å². The van der Waals surface area contributed by atoms with Gasteiger partial charge in [-0.2, -0.15) is 4.98 Å². The SMILES string of the molecule is COc1nc2c(OCc3c(Cl)ccc(N(C)C(=O)CNC(=O)/C=C/c4ccc(CCc5ccncc5)cc4)c3Cl)cccc2n1C. The first-order chi connectivity index (χ1) is 22.2. The van der Waals surface area contributed by atoms with Crippen molar-refractivity contribution in [3.63, 3.8) is 0 Å². The van der Waals surface area contributed by atoms with Crippen molar-refractivity contribution in [3.05, 3.63) is 117 Å². The lowest BCUT2D eigenvalue weighted by Crippen LogP contribution is -2.37. The smallest absolute Gasteiger partial charge is 0.296 e. The summed E-state index contributed by atoms with van der Waals surface area (Å²) in [6.07, 6.45) is 8.54. The highest BCUT2D eigenvalue weighted by atomic mass is 35.5. The van der Waals surface area contributed by atoms with Crippen molar-refractivity contribution in [2.45, 2.75) is 19.4 Å². The number of benzene rings is 3. The first-order valence-electron chi connectivity index (χ1n) is 14.5. The van der Waals surface area contributed by atoms with Crippen molar-refractivity contribution in [1.29, 1.82) is 0 Å². The molecule has 0 aliphatic heterocycles. The summed E-state index contributed by atoms with van der Waals surface area (Å²) in [7, 11) is 4.99. The Morgan fingerprint density at radius 1 is 0.978 bits per heavy atom. The van der Waals surface area contributed by atoms with E-state index in [9.17, 15) is 9.59 Å². The van der Waals surface area contributed by atoms with Crippen molar-refractivity contribution >= 4 is 57.8 Å². The number of para-hydroxylation sites is 1. The number of carbonyl (C=O) groups excluding carboxylic acids is 2. The van der Waals surface area contributed by atoms with Gasteiger partial charge in [0, 0.05) is 43.2 Å². The molecule has 2 heterocycles. The van der Waals surface area contributed by atoms with E-state index in [1.165, 1.54) is 22.1 Å². The number of carbonyl (C=O) groups is 2. The number of halogens is 2. The molecule has 0 radical (unpaired) electrons. The standard InChI is InChI=1S/C35H33Cl2N5O4/c1-41(32(44)21-39-31(43)16-13-24-9-7-23(8-10-24)11-12-25-17-19-38-20-18-25)28-15-14-27(36)26(33(28)37)22-46-30-6-4-5-29-34(30)40-35(45-3)42(29)2/h4-10,13-20H,11-12,21-22H2,1-3H3,(H,39,43)/b16-13+. The molecule has 0 aliphatic rings. The molecule has 0 atom stereocenters. The number of pyridine rings is 1. The van der Waals surface area contributed by atoms with Crippen LogP contribution >= 0.6 is 23.2 Å². The summed E-state index contributed by atoms with van der Waals surface area (Å²) in [6.45, 7) is -0.180. The maximum absolute atomic E-state index is 13.0. The van der Waals surface area contributed by atoms with Crippen LogP contribution in [0.25, 0.3) is 17.1 Å². The number of methoxy groups -OCH3 is 1. The lowest BCUT2D eigenvalue weighted by molar-refractivity contribution is -0.122. The maximum atomic E-state index is 13.0. The minimum absolute atomic E-state index is 0.0405. The molecule has 0 saturated carbocycles. The largest absolute Gasteiger partial charge is 0.486 e. The quantitative estimate of drug-likeness (QED) is 0.155. The molecule has 11 heteroatoms. The summed E-state index contributed by atoms with van der Waals surface area (Å²) in [4.78, 5) is 35.4. The lowest BCUT2D eigenvalue weighted by atomic mass is 10.0. The molecule has 236 valence electrons. The van der Waals surface area contributed by atoms with Gasteiger partial charge in [-0.25, -0.2) is 0 Å². The third-order valence-electron chi connectivity index (χ3n) is 7.56. The molecule has 3 aromatic carbocycles. The summed E-state index contributed by atoms with van der Waals surface area (Å²) < 4.78 is 13.2. The molecule has 46 heavy (non-hydrogen) atoms. The average Bonchev–Trinajstić information content (AvgIpc) is 3.41. The molecular weight excluding hydrogens is 625 g/mol. The first kappa shape index (κ1) is 32.5. The maximum Gasteiger partial charge on any atom is 0.296 e. The molecule has 2 aromatic heterocycles. The second-order valence-corrected chi connectivity index (χ2v) is 11.3. The Labute approximate surface area is 277 Å². The number of hydrogen-bond donors (Lipinski definition) is 1. The van der Waals surface area contributed by atoms with Crippen LogP contribution in [0.5, 0.6) is 11.8 Å². The van der Waals surface area contributed by atoms with Crippen LogP contribution in [-0.4, -0.2) is 47.1 Å². The van der Waals surface area contributed by atoms with Gasteiger partial charge in [0.15, 0.2) is 0 Å². The van der Waals surface area contributed by atoms with Crippen LogP contribution in [0.3, 0.4) is 0 Å². The van der Waals surface area contributed by atoms with Gasteiger partial charge in [0.1, 0.15) is 17.9 Å². The molecule has 0 aliphatic carbocycles. The fourth-order valence-electron chi connectivity index (χ4n) is 4.87. The number of likely N-dealkylation sites (N-methyl/N-ethyl adjacent to an activating group) is 1. The number of fused-ring (bicyclic) bond motifs is 1. The normalized spacial score (nSPS) is 11.2. The van der Waals surface area contributed by atoms with E-state index < -0.39 is 0 Å². The van der Waals surface area contributed by atoms with Crippen LogP contribution in [-0.2, 0) is 36.1 Å². The van der Waals surface area contributed by atoms with E-state index in [1.54, 1.807) is 50.8 Å². The second kappa shape index (κ2) is 14.9. The predicted octanol–water partition coefficient (Wildman–Crippen LogP) is 6.44. The Bertz CT molecular complexity index is 1870. The minimum atomic E-state index is -0.389. The highest BCUT2D eigenvalue weighted by Gasteiger charge is 2.20. The van der Waals surface area contributed by atoms with Crippen molar-refractivity contribution in [1.82, 2.24) is 19.9 Å². The van der Waals surface area contributed by atoms with E-state index in [0.717, 1.165) is 23.9 Å². The summed E-state index contributed by atoms with van der Waals surface area (Å²) in [5.41, 5.74) is 5.74. The second-order valence-electron chi connectivity index (χ2n) is 10.5. The number of imidazole rings is 1. The van der Waals surface area contributed by atoms with Gasteiger partial charge in [-0.1, -0.05) is 53.5 Å². The number of nitrogens with zero attached hydrogens (tertiary/aromatic N) is 4. The monoisotopic (exact) mass is 657 g/mol. The molecule has 0 fully saturated rings. The van der Waals surface area contributed by atoms with Gasteiger partial charge in [0.25, 0.3) is 6.01 Å². The van der Waals surface area contributed by atoms with E-state index in [2.05, 4.69) is 15.3 Å². The first-order valence-corrected chi connectivity index (χ1v) is 15.3. The highest BCUT2D eigenvalue weighted by Crippen LogP contribution is 2.35. The molecular formula is C35H33Cl2N5O4. The number of ether oxygens (including phenoxy) is 2. The third-order valence-corrected chi connectivity index (χ3v) is 8.34. The molecule has 9 nitrogen and oxygen atoms in total. The third kappa shape index (κ3) is 7.67. The van der Waals surface area contributed by atoms with Crippen molar-refractivity contribution in [3.8, 4) is 11.8 Å². The Morgan fingerprint density at radius 2 is 1.70 bits per heavy atom. The van der Waals surface area contributed by atoms with Gasteiger partial charge >= 0.3 is 0 Å². The van der Waals surface area contributed by atoms with E-state index in [4.69, 9.17) is 32.7 Å². The summed E-state index contributed by atoms with van der Waals surface area (Å²) in [5, 5.41) is 3.30. The predicted molar refractivity (Wildman–Crippen MR) is 182 cm³/mol. The van der Waals surface area contributed by atoms with E-state index in [0.29, 0.717) is 33.6 Å². The van der Waals surface area contributed by atoms with E-state index >= 15 is 0 Å². The molecule has 0 unspecified atom stereocenters. The molecule has 0 bridgehead atoms. The minimum Gasteiger partial charge on any atom is -0.486 e. The molecule has 1 N–H and O–H groups in total. The van der Waals surface area contributed by atoms with Gasteiger partial charge < -0.3 is 19.7 Å². The average molecular weight is 659 g/mol. The van der Waals surface area contributed by atoms with Crippen LogP contribution in [0.4, 0.5) is 5.69 Å². The topological polar surface area (TPSA) is 98.6 Å². The summed E-state index contributed by atoms with van der Waals surface area (Å²) >= 11 is 13.2. The highest BCUT2D eigenvalue weighted by molar-refractivity contribution is 6.38. The van der Waals surface area contributed by atoms with Crippen LogP contribution in [0, 0.1) is 0 Å². The van der Waals surface area contributed by atoms with Crippen LogP contribution in [0.1, 0.15) is 22.3 Å². The van der Waals surface area contributed by atoms with Crippen molar-refractivity contribution in [2.75, 3.05) is 25.6 Å². The van der Waals surface area contributed by atoms with Crippen LogP contribution in [0.15, 0.2) is 85.2 Å². The summed E-state index contributed by atoms with van der Waals surface area (Å²) in [6, 6.07) is 21.4. The fourth-order valence-corrected chi connectivity index (χ4v) is 5.48. The Morgan fingerprint density at radius 3 is 2.41 bits per heavy atom. The summed E-state index contributed by atoms with van der Waals surface area (Å²) in [5.74, 6) is -0.215. The number of hydrogen-bond acceptors (Lipinski definition) is 6. The van der Waals surface area contributed by atoms with Crippen LogP contribution < -0.4 is 19.7 Å².